The van der Waals surface area contributed by atoms with Crippen molar-refractivity contribution >= 4 is 41.6 Å². The lowest BCUT2D eigenvalue weighted by Gasteiger charge is -2.64. The molecule has 0 aromatic rings. The average Bonchev–Trinajstić information content (AvgIpc) is 3.36. The van der Waals surface area contributed by atoms with E-state index in [9.17, 15) is 28.8 Å². The second-order valence-corrected chi connectivity index (χ2v) is 15.0. The molecule has 4 aliphatic carbocycles. The Kier molecular flexibility index (Phi) is 8.79. The number of rotatable bonds is 7. The van der Waals surface area contributed by atoms with E-state index in [1.54, 1.807) is 34.6 Å². The summed E-state index contributed by atoms with van der Waals surface area (Å²) in [5.41, 5.74) is -6.52. The maximum absolute atomic E-state index is 15.3. The van der Waals surface area contributed by atoms with E-state index >= 15 is 4.79 Å². The van der Waals surface area contributed by atoms with Gasteiger partial charge in [0.1, 0.15) is 23.4 Å². The summed E-state index contributed by atoms with van der Waals surface area (Å²) < 4.78 is 42.9. The lowest BCUT2D eigenvalue weighted by Crippen LogP contribution is -2.75. The van der Waals surface area contributed by atoms with E-state index in [-0.39, 0.29) is 19.4 Å². The van der Waals surface area contributed by atoms with Crippen LogP contribution in [0.5, 0.6) is 0 Å². The van der Waals surface area contributed by atoms with Gasteiger partial charge >= 0.3 is 35.8 Å². The molecule has 1 heterocycles. The molecule has 14 nitrogen and oxygen atoms in total. The topological polar surface area (TPSA) is 184 Å². The minimum atomic E-state index is -1.84. The van der Waals surface area contributed by atoms with Gasteiger partial charge < -0.3 is 33.2 Å². The number of ketones is 1. The van der Waals surface area contributed by atoms with Crippen molar-refractivity contribution in [3.8, 4) is 0 Å². The van der Waals surface area contributed by atoms with Gasteiger partial charge in [-0.15, -0.1) is 0 Å². The zero-order valence-corrected chi connectivity index (χ0v) is 29.1. The van der Waals surface area contributed by atoms with Crippen molar-refractivity contribution in [3.05, 3.63) is 0 Å². The average molecular weight is 679 g/mol. The predicted molar refractivity (Wildman–Crippen MR) is 160 cm³/mol. The molecule has 266 valence electrons. The van der Waals surface area contributed by atoms with Gasteiger partial charge in [-0.3, -0.25) is 33.6 Å². The van der Waals surface area contributed by atoms with E-state index in [1.165, 1.54) is 27.7 Å². The van der Waals surface area contributed by atoms with Gasteiger partial charge in [0.15, 0.2) is 23.6 Å². The summed E-state index contributed by atoms with van der Waals surface area (Å²) in [5, 5.41) is 0. The molecule has 2 bridgehead atoms. The van der Waals surface area contributed by atoms with Crippen molar-refractivity contribution in [2.75, 3.05) is 6.61 Å². The van der Waals surface area contributed by atoms with E-state index in [2.05, 4.69) is 0 Å². The molecule has 0 unspecified atom stereocenters. The normalized spacial score (nSPS) is 43.7. The van der Waals surface area contributed by atoms with Gasteiger partial charge in [0.25, 0.3) is 0 Å². The Labute approximate surface area is 279 Å². The van der Waals surface area contributed by atoms with E-state index in [4.69, 9.17) is 33.2 Å². The minimum absolute atomic E-state index is 0.0259. The molecular weight excluding hydrogens is 632 g/mol. The van der Waals surface area contributed by atoms with Gasteiger partial charge in [0.05, 0.1) is 23.9 Å². The lowest BCUT2D eigenvalue weighted by atomic mass is 9.42. The third-order valence-corrected chi connectivity index (χ3v) is 11.3. The zero-order valence-electron chi connectivity index (χ0n) is 29.1. The molecule has 1 saturated heterocycles. The number of esters is 6. The van der Waals surface area contributed by atoms with E-state index in [0.717, 1.165) is 6.92 Å². The summed E-state index contributed by atoms with van der Waals surface area (Å²) in [6, 6.07) is 0. The Morgan fingerprint density at radius 3 is 1.88 bits per heavy atom. The molecule has 0 aromatic carbocycles. The van der Waals surface area contributed by atoms with Crippen LogP contribution >= 0.6 is 0 Å². The molecule has 13 atom stereocenters. The van der Waals surface area contributed by atoms with Gasteiger partial charge in [-0.1, -0.05) is 20.8 Å². The van der Waals surface area contributed by atoms with Crippen LogP contribution in [0.1, 0.15) is 82.1 Å². The third-order valence-electron chi connectivity index (χ3n) is 11.3. The smallest absolute Gasteiger partial charge is 0.309 e. The molecule has 0 spiro atoms. The number of Topliss-reactive ketones (excluding diaryl/α,β-unsaturated/α-hetero) is 1. The molecule has 4 saturated carbocycles. The first-order valence-corrected chi connectivity index (χ1v) is 16.5. The number of hydrogen-bond donors (Lipinski definition) is 0. The van der Waals surface area contributed by atoms with Crippen LogP contribution in [0.3, 0.4) is 0 Å². The van der Waals surface area contributed by atoms with Crippen LogP contribution in [-0.2, 0) is 66.7 Å². The summed E-state index contributed by atoms with van der Waals surface area (Å²) >= 11 is 0. The van der Waals surface area contributed by atoms with Crippen LogP contribution < -0.4 is 0 Å². The fourth-order valence-corrected chi connectivity index (χ4v) is 10.2. The first kappa shape index (κ1) is 35.7. The summed E-state index contributed by atoms with van der Waals surface area (Å²) in [6.45, 7) is 13.9. The van der Waals surface area contributed by atoms with Crippen molar-refractivity contribution in [1.82, 2.24) is 0 Å². The Balaban J connectivity index is 1.88. The standard InChI is InChI=1S/C34H46O14/c1-14(2)29(41)46-25-21-12-31(9,47-19(7)38)22(21)26-32(10)30(45-18(6)37)34(48-20(8)39)11-15(3)24(43-16(4)35)23(34)28(44-17(5)36)33(26,13-42-32)27(25)40/h14-15,21-26,28,30H,11-13H2,1-10H3/t15-,21+,22-,23+,24-,25+,26-,28+,30-,31-,32+,33-,34+/m0/s1. The predicted octanol–water partition coefficient (Wildman–Crippen LogP) is 2.25. The van der Waals surface area contributed by atoms with Crippen LogP contribution in [0, 0.1) is 40.9 Å². The summed E-state index contributed by atoms with van der Waals surface area (Å²) in [6.07, 6.45) is -5.24. The Hall–Kier alpha value is -3.55. The third kappa shape index (κ3) is 5.11. The van der Waals surface area contributed by atoms with Gasteiger partial charge in [-0.05, 0) is 32.6 Å². The highest BCUT2D eigenvalue weighted by atomic mass is 16.6. The van der Waals surface area contributed by atoms with Crippen LogP contribution in [0.25, 0.3) is 0 Å². The number of fused-ring (bicyclic) bond motifs is 2. The van der Waals surface area contributed by atoms with Crippen LogP contribution in [0.2, 0.25) is 0 Å². The molecule has 5 rings (SSSR count). The number of carbonyl (C=O) groups is 7. The fraction of sp³-hybridized carbons (Fsp3) is 0.794. The maximum atomic E-state index is 15.3. The van der Waals surface area contributed by atoms with Gasteiger partial charge in [-0.2, -0.15) is 0 Å². The second-order valence-electron chi connectivity index (χ2n) is 15.0. The van der Waals surface area contributed by atoms with E-state index in [0.29, 0.717) is 0 Å². The molecule has 14 heteroatoms. The van der Waals surface area contributed by atoms with Crippen molar-refractivity contribution in [2.45, 2.75) is 123 Å². The molecule has 48 heavy (non-hydrogen) atoms. The first-order valence-electron chi connectivity index (χ1n) is 16.5. The molecule has 1 aliphatic heterocycles. The van der Waals surface area contributed by atoms with Crippen LogP contribution in [0.15, 0.2) is 0 Å². The van der Waals surface area contributed by atoms with Crippen LogP contribution in [-0.4, -0.2) is 89.4 Å². The van der Waals surface area contributed by atoms with Crippen molar-refractivity contribution in [2.24, 2.45) is 40.9 Å². The highest BCUT2D eigenvalue weighted by Crippen LogP contribution is 2.73. The SMILES string of the molecule is CC(=O)O[C@@H]1[C@@H]2[C@@H](OC(C)=O)[C@@]34CO[C@@](C)([C@H](OC(C)=O)[C@@]2(OC(C)=O)C[C@@H]1C)[C@@H]3[C@@H]1[C@@H](C[C@]1(C)OC(C)=O)[C@@H](OC(=O)C(C)C)C4=O. The van der Waals surface area contributed by atoms with Gasteiger partial charge in [-0.25, -0.2) is 0 Å². The maximum Gasteiger partial charge on any atom is 0.309 e. The largest absolute Gasteiger partial charge is 0.462 e. The minimum Gasteiger partial charge on any atom is -0.462 e. The highest BCUT2D eigenvalue weighted by Gasteiger charge is 2.86. The summed E-state index contributed by atoms with van der Waals surface area (Å²) in [7, 11) is 0. The molecule has 5 fully saturated rings. The van der Waals surface area contributed by atoms with E-state index in [1.807, 2.05) is 0 Å². The summed E-state index contributed by atoms with van der Waals surface area (Å²) in [5.74, 6) is -9.63. The van der Waals surface area contributed by atoms with Crippen molar-refractivity contribution in [3.63, 3.8) is 0 Å². The second kappa shape index (κ2) is 11.8. The molecular formula is C34H46O14. The quantitative estimate of drug-likeness (QED) is 0.282. The zero-order chi connectivity index (χ0) is 35.9. The molecule has 5 aliphatic rings. The lowest BCUT2D eigenvalue weighted by molar-refractivity contribution is -0.261. The Bertz CT molecular complexity index is 1440. The molecule has 0 radical (unpaired) electrons. The van der Waals surface area contributed by atoms with Crippen molar-refractivity contribution in [1.29, 1.82) is 0 Å². The fourth-order valence-electron chi connectivity index (χ4n) is 10.2. The van der Waals surface area contributed by atoms with Crippen molar-refractivity contribution < 1.29 is 66.7 Å². The van der Waals surface area contributed by atoms with E-state index < -0.39 is 124 Å². The number of hydrogen-bond acceptors (Lipinski definition) is 14. The first-order chi connectivity index (χ1) is 22.2. The molecule has 0 aromatic heterocycles. The van der Waals surface area contributed by atoms with Crippen LogP contribution in [0.4, 0.5) is 0 Å². The highest BCUT2D eigenvalue weighted by molar-refractivity contribution is 5.95. The van der Waals surface area contributed by atoms with Gasteiger partial charge in [0, 0.05) is 52.4 Å². The molecule has 0 N–H and O–H groups in total. The van der Waals surface area contributed by atoms with Gasteiger partial charge in [0.2, 0.25) is 0 Å². The monoisotopic (exact) mass is 678 g/mol. The number of ether oxygens (including phenoxy) is 7. The summed E-state index contributed by atoms with van der Waals surface area (Å²) in [4.78, 5) is 92.6. The number of carbonyl (C=O) groups excluding carboxylic acids is 7. The Morgan fingerprint density at radius 2 is 1.35 bits per heavy atom. The Morgan fingerprint density at radius 1 is 0.771 bits per heavy atom. The molecule has 0 amide bonds.